The highest BCUT2D eigenvalue weighted by molar-refractivity contribution is 7.10. The Labute approximate surface area is 187 Å². The van der Waals surface area contributed by atoms with Gasteiger partial charge in [-0.3, -0.25) is 0 Å². The molecule has 0 amide bonds. The van der Waals surface area contributed by atoms with Crippen molar-refractivity contribution in [3.05, 3.63) is 63.2 Å². The first-order valence-corrected chi connectivity index (χ1v) is 13.0. The number of unbranched alkanes of at least 4 members (excludes halogenated alkanes) is 1. The normalized spacial score (nSPS) is 30.0. The van der Waals surface area contributed by atoms with E-state index in [9.17, 15) is 0 Å². The third kappa shape index (κ3) is 3.51. The van der Waals surface area contributed by atoms with Crippen LogP contribution >= 0.6 is 11.3 Å². The standard InChI is InChI=1S/C28H35NS.H2/c1-5-8-9-21-24-12-18(6-2)10-17(4)22(24)15-25(21)27-16-30-28(29-27)26-13-19(7-3)11-20-14-23(20)26;/h11,13,15-16,18,20-21,23H,4-10,12,14H2,1-3H3;1H. The monoisotopic (exact) mass is 419 g/mol. The zero-order valence-electron chi connectivity index (χ0n) is 18.8. The molecule has 5 rings (SSSR count). The quantitative estimate of drug-likeness (QED) is 0.431. The van der Waals surface area contributed by atoms with Gasteiger partial charge in [-0.15, -0.1) is 11.3 Å². The van der Waals surface area contributed by atoms with E-state index < -0.39 is 0 Å². The van der Waals surface area contributed by atoms with E-state index in [0.29, 0.717) is 5.92 Å². The smallest absolute Gasteiger partial charge is 0.120 e. The van der Waals surface area contributed by atoms with Gasteiger partial charge >= 0.3 is 0 Å². The maximum atomic E-state index is 5.24. The first-order valence-electron chi connectivity index (χ1n) is 12.1. The van der Waals surface area contributed by atoms with Crippen LogP contribution in [0.3, 0.4) is 0 Å². The Balaban J connectivity index is 0.00000231. The molecule has 1 fully saturated rings. The van der Waals surface area contributed by atoms with Crippen LogP contribution < -0.4 is 0 Å². The highest BCUT2D eigenvalue weighted by atomic mass is 32.1. The van der Waals surface area contributed by atoms with Crippen LogP contribution in [-0.4, -0.2) is 4.98 Å². The molecule has 30 heavy (non-hydrogen) atoms. The summed E-state index contributed by atoms with van der Waals surface area (Å²) in [5, 5.41) is 3.60. The predicted octanol–water partition coefficient (Wildman–Crippen LogP) is 8.63. The van der Waals surface area contributed by atoms with Crippen molar-refractivity contribution in [1.82, 2.24) is 4.98 Å². The number of aromatic nitrogens is 1. The zero-order chi connectivity index (χ0) is 20.8. The largest absolute Gasteiger partial charge is 0.237 e. The van der Waals surface area contributed by atoms with Crippen molar-refractivity contribution in [2.75, 3.05) is 0 Å². The van der Waals surface area contributed by atoms with Crippen LogP contribution in [0.25, 0.3) is 11.1 Å². The first-order chi connectivity index (χ1) is 14.6. The Morgan fingerprint density at radius 2 is 2.03 bits per heavy atom. The van der Waals surface area contributed by atoms with Crippen LogP contribution in [0, 0.1) is 23.7 Å². The van der Waals surface area contributed by atoms with E-state index in [1.165, 1.54) is 83.5 Å². The van der Waals surface area contributed by atoms with E-state index in [4.69, 9.17) is 4.98 Å². The summed E-state index contributed by atoms with van der Waals surface area (Å²) in [5.74, 6) is 2.83. The second kappa shape index (κ2) is 8.11. The van der Waals surface area contributed by atoms with E-state index in [1.807, 2.05) is 11.3 Å². The lowest BCUT2D eigenvalue weighted by Gasteiger charge is -2.28. The number of hydrogen-bond acceptors (Lipinski definition) is 2. The van der Waals surface area contributed by atoms with Gasteiger partial charge in [0, 0.05) is 12.7 Å². The maximum absolute atomic E-state index is 5.24. The lowest BCUT2D eigenvalue weighted by atomic mass is 9.76. The number of allylic oxidation sites excluding steroid dienone is 9. The highest BCUT2D eigenvalue weighted by Gasteiger charge is 2.42. The minimum atomic E-state index is 0. The molecule has 0 aliphatic heterocycles. The van der Waals surface area contributed by atoms with Gasteiger partial charge in [0.05, 0.1) is 5.69 Å². The van der Waals surface area contributed by atoms with Crippen LogP contribution in [0.5, 0.6) is 0 Å². The van der Waals surface area contributed by atoms with Gasteiger partial charge in [-0.05, 0) is 78.2 Å². The van der Waals surface area contributed by atoms with Crippen LogP contribution in [0.15, 0.2) is 52.5 Å². The lowest BCUT2D eigenvalue weighted by Crippen LogP contribution is -2.14. The van der Waals surface area contributed by atoms with E-state index in [0.717, 1.165) is 24.2 Å². The average molecular weight is 420 g/mol. The molecule has 4 atom stereocenters. The molecule has 4 unspecified atom stereocenters. The van der Waals surface area contributed by atoms with Gasteiger partial charge in [0.15, 0.2) is 0 Å². The molecule has 4 aliphatic carbocycles. The fourth-order valence-corrected chi connectivity index (χ4v) is 6.70. The van der Waals surface area contributed by atoms with Gasteiger partial charge in [-0.2, -0.15) is 0 Å². The summed E-state index contributed by atoms with van der Waals surface area (Å²) >= 11 is 1.86. The van der Waals surface area contributed by atoms with E-state index >= 15 is 0 Å². The molecule has 1 nitrogen and oxygen atoms in total. The minimum Gasteiger partial charge on any atom is -0.237 e. The molecule has 0 spiro atoms. The molecule has 0 saturated heterocycles. The van der Waals surface area contributed by atoms with Gasteiger partial charge in [-0.25, -0.2) is 4.98 Å². The topological polar surface area (TPSA) is 12.9 Å². The van der Waals surface area contributed by atoms with E-state index in [2.05, 4.69) is 51.0 Å². The summed E-state index contributed by atoms with van der Waals surface area (Å²) in [6.07, 6.45) is 17.3. The Kier molecular flexibility index (Phi) is 5.47. The first kappa shape index (κ1) is 20.2. The molecule has 4 aliphatic rings. The van der Waals surface area contributed by atoms with E-state index in [-0.39, 0.29) is 1.43 Å². The molecule has 0 bridgehead atoms. The summed E-state index contributed by atoms with van der Waals surface area (Å²) in [7, 11) is 0. The summed E-state index contributed by atoms with van der Waals surface area (Å²) in [5.41, 5.74) is 10.2. The van der Waals surface area contributed by atoms with Crippen molar-refractivity contribution in [3.63, 3.8) is 0 Å². The molecule has 0 aromatic carbocycles. The summed E-state index contributed by atoms with van der Waals surface area (Å²) in [4.78, 5) is 5.24. The van der Waals surface area contributed by atoms with Gasteiger partial charge < -0.3 is 0 Å². The molecule has 1 saturated carbocycles. The van der Waals surface area contributed by atoms with Gasteiger partial charge in [0.1, 0.15) is 5.01 Å². The fourth-order valence-electron chi connectivity index (χ4n) is 5.79. The highest BCUT2D eigenvalue weighted by Crippen LogP contribution is 2.54. The van der Waals surface area contributed by atoms with Crippen molar-refractivity contribution < 1.29 is 1.43 Å². The number of nitrogens with zero attached hydrogens (tertiary/aromatic N) is 1. The van der Waals surface area contributed by atoms with Crippen molar-refractivity contribution in [1.29, 1.82) is 0 Å². The number of hydrogen-bond donors (Lipinski definition) is 0. The maximum Gasteiger partial charge on any atom is 0.120 e. The Morgan fingerprint density at radius 3 is 2.80 bits per heavy atom. The second-order valence-electron chi connectivity index (χ2n) is 9.76. The zero-order valence-corrected chi connectivity index (χ0v) is 19.7. The predicted molar refractivity (Wildman–Crippen MR) is 132 cm³/mol. The molecular formula is C28H37NS. The number of thiazole rings is 1. The molecule has 0 radical (unpaired) electrons. The Morgan fingerprint density at radius 1 is 1.17 bits per heavy atom. The molecule has 0 N–H and O–H groups in total. The SMILES string of the molecule is C=C1CC(CC)CC2=C1C=C(c1csc(C3=CC(CC)=CC4CC34)n1)C2CCCC.[HH]. The average Bonchev–Trinajstić information content (AvgIpc) is 3.22. The van der Waals surface area contributed by atoms with Gasteiger partial charge in [0.2, 0.25) is 0 Å². The summed E-state index contributed by atoms with van der Waals surface area (Å²) in [6, 6.07) is 0. The molecule has 2 heteroatoms. The molecule has 160 valence electrons. The number of fused-ring (bicyclic) bond motifs is 1. The van der Waals surface area contributed by atoms with Crippen molar-refractivity contribution in [2.45, 2.75) is 72.1 Å². The Bertz CT molecular complexity index is 988. The molecule has 1 aromatic rings. The van der Waals surface area contributed by atoms with Crippen LogP contribution in [-0.2, 0) is 0 Å². The van der Waals surface area contributed by atoms with Crippen molar-refractivity contribution >= 4 is 22.5 Å². The van der Waals surface area contributed by atoms with Crippen molar-refractivity contribution in [2.24, 2.45) is 23.7 Å². The minimum absolute atomic E-state index is 0. The molecule has 1 heterocycles. The summed E-state index contributed by atoms with van der Waals surface area (Å²) in [6.45, 7) is 11.4. The van der Waals surface area contributed by atoms with Gasteiger partial charge in [0.25, 0.3) is 0 Å². The van der Waals surface area contributed by atoms with Crippen LogP contribution in [0.4, 0.5) is 0 Å². The van der Waals surface area contributed by atoms with E-state index in [1.54, 1.807) is 5.57 Å². The summed E-state index contributed by atoms with van der Waals surface area (Å²) < 4.78 is 0. The second-order valence-corrected chi connectivity index (χ2v) is 10.6. The van der Waals surface area contributed by atoms with Crippen molar-refractivity contribution in [3.8, 4) is 0 Å². The molecular weight excluding hydrogens is 382 g/mol. The molecule has 1 aromatic heterocycles. The Hall–Kier alpha value is -1.67. The van der Waals surface area contributed by atoms with Crippen LogP contribution in [0.1, 0.15) is 84.3 Å². The van der Waals surface area contributed by atoms with Gasteiger partial charge in [-0.1, -0.05) is 69.9 Å². The third-order valence-electron chi connectivity index (χ3n) is 7.75. The fraction of sp³-hybridized carbons (Fsp3) is 0.536. The lowest BCUT2D eigenvalue weighted by molar-refractivity contribution is 0.462. The van der Waals surface area contributed by atoms with Crippen LogP contribution in [0.2, 0.25) is 0 Å². The third-order valence-corrected chi connectivity index (χ3v) is 8.64. The number of rotatable bonds is 7.